The maximum atomic E-state index is 11.8. The van der Waals surface area contributed by atoms with Crippen molar-refractivity contribution in [1.29, 1.82) is 0 Å². The summed E-state index contributed by atoms with van der Waals surface area (Å²) < 4.78 is 26.6. The number of carbonyl (C=O) groups excluding carboxylic acids is 1. The van der Waals surface area contributed by atoms with Gasteiger partial charge in [0.15, 0.2) is 0 Å². The quantitative estimate of drug-likeness (QED) is 0.586. The first-order valence-electron chi connectivity index (χ1n) is 8.08. The predicted octanol–water partition coefficient (Wildman–Crippen LogP) is 2.20. The first-order valence-corrected chi connectivity index (χ1v) is 8.08. The van der Waals surface area contributed by atoms with Crippen LogP contribution in [0.25, 0.3) is 0 Å². The standard InChI is InChI=1S/C17H25BO6/c1-11-8-14(6-7-15(11)18(20-4)21-5)10-22-17(19)24-16-9-12(2)23-13(16)3/h6-8,12-13,16H,9-10H2,1-5H3/t12-,13+,16+/m0/s1. The topological polar surface area (TPSA) is 63.2 Å². The third-order valence-corrected chi connectivity index (χ3v) is 4.16. The third-order valence-electron chi connectivity index (χ3n) is 4.16. The minimum Gasteiger partial charge on any atom is -0.429 e. The van der Waals surface area contributed by atoms with Crippen LogP contribution < -0.4 is 5.46 Å². The summed E-state index contributed by atoms with van der Waals surface area (Å²) in [6, 6.07) is 5.73. The van der Waals surface area contributed by atoms with Gasteiger partial charge in [0.05, 0.1) is 12.2 Å². The molecule has 1 aliphatic rings. The van der Waals surface area contributed by atoms with Gasteiger partial charge in [-0.2, -0.15) is 0 Å². The van der Waals surface area contributed by atoms with Crippen LogP contribution in [0.15, 0.2) is 18.2 Å². The van der Waals surface area contributed by atoms with Gasteiger partial charge in [0, 0.05) is 20.6 Å². The monoisotopic (exact) mass is 336 g/mol. The van der Waals surface area contributed by atoms with Crippen LogP contribution in [0.2, 0.25) is 0 Å². The molecule has 0 N–H and O–H groups in total. The van der Waals surface area contributed by atoms with E-state index in [4.69, 9.17) is 23.5 Å². The number of hydrogen-bond acceptors (Lipinski definition) is 6. The lowest BCUT2D eigenvalue weighted by molar-refractivity contribution is -0.0141. The summed E-state index contributed by atoms with van der Waals surface area (Å²) in [6.07, 6.45) is -0.227. The average molecular weight is 336 g/mol. The van der Waals surface area contributed by atoms with E-state index >= 15 is 0 Å². The summed E-state index contributed by atoms with van der Waals surface area (Å²) in [5, 5.41) is 0. The van der Waals surface area contributed by atoms with Gasteiger partial charge >= 0.3 is 13.3 Å². The Balaban J connectivity index is 1.88. The van der Waals surface area contributed by atoms with E-state index in [0.29, 0.717) is 6.42 Å². The van der Waals surface area contributed by atoms with Gasteiger partial charge in [-0.15, -0.1) is 0 Å². The summed E-state index contributed by atoms with van der Waals surface area (Å²) in [5.74, 6) is 0. The molecule has 6 nitrogen and oxygen atoms in total. The number of rotatable bonds is 6. The molecule has 1 aliphatic heterocycles. The van der Waals surface area contributed by atoms with Gasteiger partial charge in [0.25, 0.3) is 0 Å². The van der Waals surface area contributed by atoms with Crippen molar-refractivity contribution >= 4 is 18.7 Å². The highest BCUT2D eigenvalue weighted by molar-refractivity contribution is 6.61. The van der Waals surface area contributed by atoms with Crippen molar-refractivity contribution in [2.24, 2.45) is 0 Å². The van der Waals surface area contributed by atoms with E-state index in [1.807, 2.05) is 39.0 Å². The molecular weight excluding hydrogens is 311 g/mol. The van der Waals surface area contributed by atoms with Gasteiger partial charge in [-0.05, 0) is 31.8 Å². The molecule has 132 valence electrons. The maximum Gasteiger partial charge on any atom is 0.508 e. The number of benzene rings is 1. The van der Waals surface area contributed by atoms with Crippen LogP contribution in [-0.2, 0) is 30.1 Å². The first kappa shape index (κ1) is 18.8. The molecule has 1 aromatic carbocycles. The summed E-state index contributed by atoms with van der Waals surface area (Å²) >= 11 is 0. The largest absolute Gasteiger partial charge is 0.508 e. The van der Waals surface area contributed by atoms with Gasteiger partial charge in [-0.3, -0.25) is 0 Å². The van der Waals surface area contributed by atoms with Gasteiger partial charge in [0.2, 0.25) is 0 Å². The molecule has 0 unspecified atom stereocenters. The van der Waals surface area contributed by atoms with Crippen LogP contribution in [-0.4, -0.2) is 45.8 Å². The lowest BCUT2D eigenvalue weighted by Gasteiger charge is -2.15. The lowest BCUT2D eigenvalue weighted by atomic mass is 9.76. The molecule has 3 atom stereocenters. The molecule has 7 heteroatoms. The minimum absolute atomic E-state index is 0.0995. The Morgan fingerprint density at radius 3 is 2.54 bits per heavy atom. The van der Waals surface area contributed by atoms with E-state index in [0.717, 1.165) is 16.6 Å². The van der Waals surface area contributed by atoms with Crippen molar-refractivity contribution in [3.8, 4) is 0 Å². The second kappa shape index (κ2) is 8.51. The van der Waals surface area contributed by atoms with E-state index in [1.165, 1.54) is 0 Å². The molecule has 1 heterocycles. The van der Waals surface area contributed by atoms with Gasteiger partial charge in [0.1, 0.15) is 12.7 Å². The van der Waals surface area contributed by atoms with Crippen LogP contribution in [0, 0.1) is 6.92 Å². The summed E-state index contributed by atoms with van der Waals surface area (Å²) in [6.45, 7) is 5.97. The first-order chi connectivity index (χ1) is 11.4. The molecule has 0 spiro atoms. The Morgan fingerprint density at radius 1 is 1.29 bits per heavy atom. The molecule has 1 fully saturated rings. The molecule has 0 saturated carbocycles. The Kier molecular flexibility index (Phi) is 6.65. The predicted molar refractivity (Wildman–Crippen MR) is 90.3 cm³/mol. The molecule has 24 heavy (non-hydrogen) atoms. The maximum absolute atomic E-state index is 11.8. The molecule has 0 aliphatic carbocycles. The molecule has 0 aromatic heterocycles. The van der Waals surface area contributed by atoms with Crippen molar-refractivity contribution in [3.05, 3.63) is 29.3 Å². The van der Waals surface area contributed by atoms with E-state index in [1.54, 1.807) is 14.2 Å². The van der Waals surface area contributed by atoms with Crippen molar-refractivity contribution in [1.82, 2.24) is 0 Å². The molecule has 1 saturated heterocycles. The van der Waals surface area contributed by atoms with Gasteiger partial charge in [-0.25, -0.2) is 4.79 Å². The van der Waals surface area contributed by atoms with Crippen LogP contribution in [0.4, 0.5) is 4.79 Å². The minimum atomic E-state index is -0.669. The Bertz CT molecular complexity index is 560. The van der Waals surface area contributed by atoms with Crippen molar-refractivity contribution in [2.75, 3.05) is 14.2 Å². The number of aryl methyl sites for hydroxylation is 1. The molecule has 1 aromatic rings. The Hall–Kier alpha value is -1.57. The zero-order valence-electron chi connectivity index (χ0n) is 14.9. The third kappa shape index (κ3) is 4.72. The Labute approximate surface area is 143 Å². The number of hydrogen-bond donors (Lipinski definition) is 0. The second-order valence-electron chi connectivity index (χ2n) is 6.08. The molecule has 2 rings (SSSR count). The number of ether oxygens (including phenoxy) is 3. The highest BCUT2D eigenvalue weighted by Gasteiger charge is 2.33. The molecule has 0 amide bonds. The zero-order valence-corrected chi connectivity index (χ0v) is 14.9. The molecular formula is C17H25BO6. The summed E-state index contributed by atoms with van der Waals surface area (Å²) in [7, 11) is 2.78. The van der Waals surface area contributed by atoms with E-state index < -0.39 is 13.3 Å². The van der Waals surface area contributed by atoms with Crippen molar-refractivity contribution in [2.45, 2.75) is 52.1 Å². The molecule has 0 bridgehead atoms. The highest BCUT2D eigenvalue weighted by atomic mass is 16.7. The fraction of sp³-hybridized carbons (Fsp3) is 0.588. The fourth-order valence-electron chi connectivity index (χ4n) is 2.91. The van der Waals surface area contributed by atoms with Gasteiger partial charge in [-0.1, -0.05) is 23.8 Å². The normalized spacial score (nSPS) is 23.1. The van der Waals surface area contributed by atoms with Crippen molar-refractivity contribution in [3.63, 3.8) is 0 Å². The highest BCUT2D eigenvalue weighted by Crippen LogP contribution is 2.23. The van der Waals surface area contributed by atoms with E-state index in [2.05, 4.69) is 0 Å². The molecule has 0 radical (unpaired) electrons. The Morgan fingerprint density at radius 2 is 2.00 bits per heavy atom. The summed E-state index contributed by atoms with van der Waals surface area (Å²) in [4.78, 5) is 11.8. The van der Waals surface area contributed by atoms with Crippen LogP contribution in [0.5, 0.6) is 0 Å². The SMILES string of the molecule is COB(OC)c1ccc(COC(=O)O[C@@H]2C[C@H](C)O[C@@H]2C)cc1C. The zero-order chi connectivity index (χ0) is 17.7. The summed E-state index contributed by atoms with van der Waals surface area (Å²) in [5.41, 5.74) is 2.82. The van der Waals surface area contributed by atoms with E-state index in [-0.39, 0.29) is 24.9 Å². The van der Waals surface area contributed by atoms with E-state index in [9.17, 15) is 4.79 Å². The lowest BCUT2D eigenvalue weighted by Crippen LogP contribution is -2.36. The fourth-order valence-corrected chi connectivity index (χ4v) is 2.91. The van der Waals surface area contributed by atoms with Crippen LogP contribution >= 0.6 is 0 Å². The van der Waals surface area contributed by atoms with Gasteiger partial charge < -0.3 is 23.5 Å². The van der Waals surface area contributed by atoms with Crippen LogP contribution in [0.3, 0.4) is 0 Å². The van der Waals surface area contributed by atoms with Crippen LogP contribution in [0.1, 0.15) is 31.4 Å². The van der Waals surface area contributed by atoms with Crippen molar-refractivity contribution < 1.29 is 28.3 Å². The number of carbonyl (C=O) groups is 1. The smallest absolute Gasteiger partial charge is 0.429 e. The average Bonchev–Trinajstić information content (AvgIpc) is 2.85. The second-order valence-corrected chi connectivity index (χ2v) is 6.08.